The number of rotatable bonds is 6. The van der Waals surface area contributed by atoms with Crippen LogP contribution in [0.15, 0.2) is 23.1 Å². The number of carbonyl (C=O) groups excluding carboxylic acids is 1. The Bertz CT molecular complexity index is 654. The number of carbonyl (C=O) groups is 1. The van der Waals surface area contributed by atoms with Gasteiger partial charge in [-0.05, 0) is 42.9 Å². The molecular formula is C14H19ClN2O3S. The van der Waals surface area contributed by atoms with Gasteiger partial charge in [-0.1, -0.05) is 24.9 Å². The molecule has 3 N–H and O–H groups in total. The molecule has 0 radical (unpaired) electrons. The second kappa shape index (κ2) is 5.94. The fourth-order valence-electron chi connectivity index (χ4n) is 2.45. The van der Waals surface area contributed by atoms with Gasteiger partial charge >= 0.3 is 0 Å². The molecule has 1 amide bonds. The molecule has 5 nitrogen and oxygen atoms in total. The normalized spacial score (nSPS) is 16.5. The maximum Gasteiger partial charge on any atom is 0.251 e. The molecule has 0 atom stereocenters. The number of benzene rings is 1. The number of sulfonamides is 1. The van der Waals surface area contributed by atoms with Gasteiger partial charge in [0.25, 0.3) is 5.91 Å². The first-order valence-corrected chi connectivity index (χ1v) is 8.80. The van der Waals surface area contributed by atoms with Gasteiger partial charge in [0.15, 0.2) is 0 Å². The third-order valence-electron chi connectivity index (χ3n) is 3.86. The van der Waals surface area contributed by atoms with E-state index >= 15 is 0 Å². The minimum Gasteiger partial charge on any atom is -0.351 e. The molecule has 116 valence electrons. The Balaban J connectivity index is 2.10. The standard InChI is InChI=1S/C14H19ClN2O3S/c1-2-5-14(6-7-14)9-17-13(18)10-3-4-11(15)12(8-10)21(16,19)20/h3-4,8H,2,5-7,9H2,1H3,(H,17,18)(H2,16,19,20). The maximum absolute atomic E-state index is 12.1. The zero-order chi connectivity index (χ0) is 15.7. The summed E-state index contributed by atoms with van der Waals surface area (Å²) in [6.45, 7) is 2.74. The lowest BCUT2D eigenvalue weighted by atomic mass is 10.0. The van der Waals surface area contributed by atoms with E-state index in [0.717, 1.165) is 25.7 Å². The quantitative estimate of drug-likeness (QED) is 0.838. The molecule has 1 aliphatic carbocycles. The molecular weight excluding hydrogens is 312 g/mol. The van der Waals surface area contributed by atoms with Gasteiger partial charge in [0.2, 0.25) is 10.0 Å². The molecule has 1 aliphatic rings. The molecule has 2 rings (SSSR count). The Morgan fingerprint density at radius 3 is 2.62 bits per heavy atom. The Kier molecular flexibility index (Phi) is 4.60. The van der Waals surface area contributed by atoms with Crippen LogP contribution in [0, 0.1) is 5.41 Å². The molecule has 0 unspecified atom stereocenters. The summed E-state index contributed by atoms with van der Waals surface area (Å²) in [5.41, 5.74) is 0.482. The summed E-state index contributed by atoms with van der Waals surface area (Å²) < 4.78 is 22.8. The van der Waals surface area contributed by atoms with Crippen molar-refractivity contribution in [1.29, 1.82) is 0 Å². The number of halogens is 1. The summed E-state index contributed by atoms with van der Waals surface area (Å²) in [6.07, 6.45) is 4.44. The lowest BCUT2D eigenvalue weighted by Crippen LogP contribution is -2.30. The zero-order valence-corrected chi connectivity index (χ0v) is 13.4. The fraction of sp³-hybridized carbons (Fsp3) is 0.500. The lowest BCUT2D eigenvalue weighted by molar-refractivity contribution is 0.0943. The predicted molar refractivity (Wildman–Crippen MR) is 81.7 cm³/mol. The van der Waals surface area contributed by atoms with Crippen molar-refractivity contribution in [2.24, 2.45) is 10.6 Å². The molecule has 0 heterocycles. The van der Waals surface area contributed by atoms with Crippen LogP contribution in [0.25, 0.3) is 0 Å². The Labute approximate surface area is 129 Å². The topological polar surface area (TPSA) is 89.3 Å². The highest BCUT2D eigenvalue weighted by molar-refractivity contribution is 7.89. The Morgan fingerprint density at radius 2 is 2.10 bits per heavy atom. The smallest absolute Gasteiger partial charge is 0.251 e. The highest BCUT2D eigenvalue weighted by Gasteiger charge is 2.41. The Hall–Kier alpha value is -1.11. The molecule has 1 aromatic rings. The van der Waals surface area contributed by atoms with Gasteiger partial charge in [-0.25, -0.2) is 13.6 Å². The van der Waals surface area contributed by atoms with Crippen molar-refractivity contribution in [3.05, 3.63) is 28.8 Å². The van der Waals surface area contributed by atoms with Crippen molar-refractivity contribution in [3.8, 4) is 0 Å². The van der Waals surface area contributed by atoms with Gasteiger partial charge in [-0.3, -0.25) is 4.79 Å². The zero-order valence-electron chi connectivity index (χ0n) is 11.9. The van der Waals surface area contributed by atoms with E-state index in [1.165, 1.54) is 18.2 Å². The van der Waals surface area contributed by atoms with Crippen LogP contribution in [0.5, 0.6) is 0 Å². The number of hydrogen-bond acceptors (Lipinski definition) is 3. The summed E-state index contributed by atoms with van der Waals surface area (Å²) in [5, 5.41) is 7.96. The van der Waals surface area contributed by atoms with Crippen LogP contribution in [0.3, 0.4) is 0 Å². The third-order valence-corrected chi connectivity index (χ3v) is 5.25. The highest BCUT2D eigenvalue weighted by atomic mass is 35.5. The van der Waals surface area contributed by atoms with Gasteiger partial charge < -0.3 is 5.32 Å². The molecule has 1 saturated carbocycles. The monoisotopic (exact) mass is 330 g/mol. The lowest BCUT2D eigenvalue weighted by Gasteiger charge is -2.15. The van der Waals surface area contributed by atoms with Crippen molar-refractivity contribution in [2.75, 3.05) is 6.54 Å². The largest absolute Gasteiger partial charge is 0.351 e. The molecule has 0 aliphatic heterocycles. The van der Waals surface area contributed by atoms with E-state index in [1.54, 1.807) is 0 Å². The molecule has 7 heteroatoms. The van der Waals surface area contributed by atoms with Gasteiger partial charge in [0.05, 0.1) is 5.02 Å². The molecule has 1 aromatic carbocycles. The fourth-order valence-corrected chi connectivity index (χ4v) is 3.53. The highest BCUT2D eigenvalue weighted by Crippen LogP contribution is 2.48. The second-order valence-electron chi connectivity index (χ2n) is 5.62. The first-order valence-electron chi connectivity index (χ1n) is 6.88. The predicted octanol–water partition coefficient (Wildman–Crippen LogP) is 2.30. The van der Waals surface area contributed by atoms with E-state index in [0.29, 0.717) is 6.54 Å². The number of nitrogens with one attached hydrogen (secondary N) is 1. The van der Waals surface area contributed by atoms with Crippen LogP contribution < -0.4 is 10.5 Å². The van der Waals surface area contributed by atoms with Crippen LogP contribution >= 0.6 is 11.6 Å². The van der Waals surface area contributed by atoms with E-state index < -0.39 is 10.0 Å². The minimum atomic E-state index is -3.94. The van der Waals surface area contributed by atoms with E-state index in [1.807, 2.05) is 0 Å². The minimum absolute atomic E-state index is 0.0127. The van der Waals surface area contributed by atoms with Crippen molar-refractivity contribution >= 4 is 27.5 Å². The third kappa shape index (κ3) is 3.96. The number of nitrogens with two attached hydrogens (primary N) is 1. The van der Waals surface area contributed by atoms with Crippen LogP contribution in [0.1, 0.15) is 43.0 Å². The average Bonchev–Trinajstić information content (AvgIpc) is 3.16. The van der Waals surface area contributed by atoms with Crippen LogP contribution in [0.4, 0.5) is 0 Å². The summed E-state index contributed by atoms with van der Waals surface area (Å²) in [4.78, 5) is 11.9. The van der Waals surface area contributed by atoms with Crippen molar-refractivity contribution in [3.63, 3.8) is 0 Å². The molecule has 0 aromatic heterocycles. The van der Waals surface area contributed by atoms with Crippen molar-refractivity contribution in [2.45, 2.75) is 37.5 Å². The van der Waals surface area contributed by atoms with Gasteiger partial charge in [0, 0.05) is 12.1 Å². The summed E-state index contributed by atoms with van der Waals surface area (Å²) >= 11 is 5.80. The van der Waals surface area contributed by atoms with Crippen molar-refractivity contribution in [1.82, 2.24) is 5.32 Å². The van der Waals surface area contributed by atoms with E-state index in [9.17, 15) is 13.2 Å². The Morgan fingerprint density at radius 1 is 1.43 bits per heavy atom. The first kappa shape index (κ1) is 16.3. The summed E-state index contributed by atoms with van der Waals surface area (Å²) in [7, 11) is -3.94. The molecule has 0 spiro atoms. The van der Waals surface area contributed by atoms with E-state index in [-0.39, 0.29) is 26.8 Å². The number of amides is 1. The van der Waals surface area contributed by atoms with Crippen LogP contribution in [-0.4, -0.2) is 20.9 Å². The average molecular weight is 331 g/mol. The van der Waals surface area contributed by atoms with Gasteiger partial charge in [-0.15, -0.1) is 0 Å². The molecule has 1 fully saturated rings. The van der Waals surface area contributed by atoms with Gasteiger partial charge in [0.1, 0.15) is 4.90 Å². The van der Waals surface area contributed by atoms with Crippen molar-refractivity contribution < 1.29 is 13.2 Å². The van der Waals surface area contributed by atoms with Crippen LogP contribution in [0.2, 0.25) is 5.02 Å². The molecule has 0 bridgehead atoms. The first-order chi connectivity index (χ1) is 9.77. The second-order valence-corrected chi connectivity index (χ2v) is 7.56. The van der Waals surface area contributed by atoms with E-state index in [4.69, 9.17) is 16.7 Å². The van der Waals surface area contributed by atoms with Gasteiger partial charge in [-0.2, -0.15) is 0 Å². The summed E-state index contributed by atoms with van der Waals surface area (Å²) in [6, 6.07) is 4.08. The van der Waals surface area contributed by atoms with E-state index in [2.05, 4.69) is 12.2 Å². The molecule has 0 saturated heterocycles. The number of hydrogen-bond donors (Lipinski definition) is 2. The number of primary sulfonamides is 1. The van der Waals surface area contributed by atoms with Crippen LogP contribution in [-0.2, 0) is 10.0 Å². The SMILES string of the molecule is CCCC1(CNC(=O)c2ccc(Cl)c(S(N)(=O)=O)c2)CC1. The summed E-state index contributed by atoms with van der Waals surface area (Å²) in [5.74, 6) is -0.307. The molecule has 21 heavy (non-hydrogen) atoms. The maximum atomic E-state index is 12.1.